The van der Waals surface area contributed by atoms with Crippen LogP contribution in [0.2, 0.25) is 0 Å². The molecule has 0 aliphatic carbocycles. The maximum absolute atomic E-state index is 14.4. The van der Waals surface area contributed by atoms with Gasteiger partial charge >= 0.3 is 12.1 Å². The van der Waals surface area contributed by atoms with Crippen LogP contribution in [0.1, 0.15) is 44.9 Å². The Balaban J connectivity index is 1.63. The van der Waals surface area contributed by atoms with Gasteiger partial charge in [0.25, 0.3) is 0 Å². The minimum Gasteiger partial charge on any atom is -0.494 e. The van der Waals surface area contributed by atoms with Crippen LogP contribution >= 0.6 is 0 Å². The fraction of sp³-hybridized carbons (Fsp3) is 0.300. The third kappa shape index (κ3) is 5.58. The molecule has 2 aliphatic rings. The van der Waals surface area contributed by atoms with Gasteiger partial charge in [0.15, 0.2) is 23.2 Å². The second-order valence-electron chi connectivity index (χ2n) is 10.5. The molecule has 3 heterocycles. The molecule has 9 nitrogen and oxygen atoms in total. The summed E-state index contributed by atoms with van der Waals surface area (Å²) in [4.78, 5) is 21.5. The number of fused-ring (bicyclic) bond motifs is 1. The van der Waals surface area contributed by atoms with E-state index in [-0.39, 0.29) is 64.5 Å². The molecule has 0 bridgehead atoms. The lowest BCUT2D eigenvalue weighted by atomic mass is 9.85. The van der Waals surface area contributed by atoms with E-state index in [2.05, 4.69) is 20.2 Å². The van der Waals surface area contributed by atoms with Crippen LogP contribution in [0.4, 0.5) is 22.0 Å². The molecular weight excluding hydrogens is 589 g/mol. The van der Waals surface area contributed by atoms with Crippen molar-refractivity contribution in [2.45, 2.75) is 45.3 Å². The maximum Gasteiger partial charge on any atom is 0.417 e. The van der Waals surface area contributed by atoms with Crippen LogP contribution in [0.5, 0.6) is 5.75 Å². The first-order valence-corrected chi connectivity index (χ1v) is 13.6. The van der Waals surface area contributed by atoms with Crippen molar-refractivity contribution in [2.24, 2.45) is 5.92 Å². The van der Waals surface area contributed by atoms with Gasteiger partial charge in [-0.1, -0.05) is 32.0 Å². The van der Waals surface area contributed by atoms with Crippen LogP contribution in [-0.4, -0.2) is 42.6 Å². The van der Waals surface area contributed by atoms with Crippen molar-refractivity contribution in [1.82, 2.24) is 24.9 Å². The fourth-order valence-electron chi connectivity index (χ4n) is 4.91. The van der Waals surface area contributed by atoms with Crippen molar-refractivity contribution in [3.05, 3.63) is 77.8 Å². The van der Waals surface area contributed by atoms with E-state index in [1.165, 1.54) is 36.7 Å². The van der Waals surface area contributed by atoms with Crippen LogP contribution in [0, 0.1) is 17.6 Å². The van der Waals surface area contributed by atoms with Crippen LogP contribution in [0.3, 0.4) is 0 Å². The first-order valence-electron chi connectivity index (χ1n) is 13.6. The van der Waals surface area contributed by atoms with E-state index in [0.717, 1.165) is 22.9 Å². The van der Waals surface area contributed by atoms with E-state index in [1.54, 1.807) is 13.8 Å². The van der Waals surface area contributed by atoms with Gasteiger partial charge in [-0.25, -0.2) is 28.2 Å². The average Bonchev–Trinajstić information content (AvgIpc) is 3.63. The van der Waals surface area contributed by atoms with Gasteiger partial charge in [-0.05, 0) is 49.1 Å². The first kappa shape index (κ1) is 30.6. The minimum absolute atomic E-state index is 0.0210. The molecule has 14 heteroatoms. The average molecular weight is 616 g/mol. The van der Waals surface area contributed by atoms with E-state index in [4.69, 9.17) is 9.26 Å². The third-order valence-electron chi connectivity index (χ3n) is 6.87. The molecule has 0 spiro atoms. The Morgan fingerprint density at radius 1 is 1.05 bits per heavy atom. The fourth-order valence-corrected chi connectivity index (χ4v) is 4.91. The van der Waals surface area contributed by atoms with Gasteiger partial charge in [0.2, 0.25) is 5.54 Å². The SMILES string of the molecule is CCCOc1ccc(-c2cc(C(CC(C)C)(C(=O)O)n3cc4nc(-c5cccc(F)c5F)nc-4cn3)on2)c(C(F)(F)F)c1. The number of alkyl halides is 3. The molecule has 0 saturated heterocycles. The zero-order valence-corrected chi connectivity index (χ0v) is 23.7. The Morgan fingerprint density at radius 2 is 1.80 bits per heavy atom. The number of aromatic nitrogens is 5. The molecule has 2 aromatic carbocycles. The molecule has 230 valence electrons. The molecule has 44 heavy (non-hydrogen) atoms. The van der Waals surface area contributed by atoms with E-state index in [1.807, 2.05) is 6.92 Å². The van der Waals surface area contributed by atoms with Crippen LogP contribution in [0.15, 0.2) is 59.4 Å². The second-order valence-corrected chi connectivity index (χ2v) is 10.5. The number of nitrogens with zero attached hydrogens (tertiary/aromatic N) is 5. The summed E-state index contributed by atoms with van der Waals surface area (Å²) in [7, 11) is 0. The topological polar surface area (TPSA) is 116 Å². The molecule has 3 aromatic rings. The Hall–Kier alpha value is -4.88. The molecule has 0 fully saturated rings. The summed E-state index contributed by atoms with van der Waals surface area (Å²) >= 11 is 0. The molecule has 0 radical (unpaired) electrons. The van der Waals surface area contributed by atoms with Crippen molar-refractivity contribution < 1.29 is 41.1 Å². The van der Waals surface area contributed by atoms with Gasteiger partial charge in [-0.2, -0.15) is 18.3 Å². The number of carboxylic acid groups (broad SMARTS) is 1. The zero-order chi connectivity index (χ0) is 31.8. The van der Waals surface area contributed by atoms with Gasteiger partial charge in [0, 0.05) is 11.6 Å². The van der Waals surface area contributed by atoms with Gasteiger partial charge in [0.1, 0.15) is 22.8 Å². The third-order valence-corrected chi connectivity index (χ3v) is 6.87. The standard InChI is InChI=1S/C30H26F5N5O4/c1-4-10-43-17-8-9-18(20(11-17)30(33,34)35)22-12-25(44-39-22)29(28(41)42,13-16(2)3)40-15-24-23(14-36-40)37-27(38-24)19-6-5-7-21(31)26(19)32/h5-9,11-12,14-16H,4,10,13H2,1-3H3,(H,41,42). The number of benzene rings is 2. The summed E-state index contributed by atoms with van der Waals surface area (Å²) in [5, 5.41) is 18.7. The number of carboxylic acids is 1. The normalized spacial score (nSPS) is 13.4. The van der Waals surface area contributed by atoms with Crippen LogP contribution in [-0.2, 0) is 16.5 Å². The van der Waals surface area contributed by atoms with E-state index in [0.29, 0.717) is 6.42 Å². The highest BCUT2D eigenvalue weighted by Crippen LogP contribution is 2.42. The Labute approximate surface area is 247 Å². The molecule has 1 N–H and O–H groups in total. The van der Waals surface area contributed by atoms with Crippen molar-refractivity contribution in [3.8, 4) is 39.8 Å². The lowest BCUT2D eigenvalue weighted by molar-refractivity contribution is -0.147. The summed E-state index contributed by atoms with van der Waals surface area (Å²) in [6.45, 7) is 5.54. The van der Waals surface area contributed by atoms with E-state index in [9.17, 15) is 31.9 Å². The lowest BCUT2D eigenvalue weighted by Crippen LogP contribution is -2.45. The number of ether oxygens (including phenoxy) is 1. The Bertz CT molecular complexity index is 1780. The number of halogens is 5. The molecule has 1 unspecified atom stereocenters. The van der Waals surface area contributed by atoms with Crippen molar-refractivity contribution >= 4 is 5.97 Å². The lowest BCUT2D eigenvalue weighted by Gasteiger charge is -2.30. The number of carbonyl (C=O) groups is 1. The predicted molar refractivity (Wildman–Crippen MR) is 147 cm³/mol. The highest BCUT2D eigenvalue weighted by molar-refractivity contribution is 5.81. The molecule has 0 amide bonds. The van der Waals surface area contributed by atoms with Crippen molar-refractivity contribution in [2.75, 3.05) is 6.61 Å². The number of aliphatic carboxylic acids is 1. The van der Waals surface area contributed by atoms with Crippen molar-refractivity contribution in [1.29, 1.82) is 0 Å². The summed E-state index contributed by atoms with van der Waals surface area (Å²) in [5.74, 6) is -4.37. The van der Waals surface area contributed by atoms with Crippen LogP contribution < -0.4 is 4.74 Å². The minimum atomic E-state index is -4.78. The molecule has 2 aliphatic heterocycles. The summed E-state index contributed by atoms with van der Waals surface area (Å²) < 4.78 is 82.4. The van der Waals surface area contributed by atoms with Crippen LogP contribution in [0.25, 0.3) is 34.0 Å². The largest absolute Gasteiger partial charge is 0.494 e. The molecule has 5 rings (SSSR count). The highest BCUT2D eigenvalue weighted by atomic mass is 19.4. The molecular formula is C30H26F5N5O4. The molecule has 1 atom stereocenters. The quantitative estimate of drug-likeness (QED) is 0.166. The predicted octanol–water partition coefficient (Wildman–Crippen LogP) is 7.06. The number of hydrogen-bond acceptors (Lipinski definition) is 7. The van der Waals surface area contributed by atoms with E-state index >= 15 is 0 Å². The smallest absolute Gasteiger partial charge is 0.417 e. The molecule has 0 saturated carbocycles. The van der Waals surface area contributed by atoms with Gasteiger partial charge < -0.3 is 14.4 Å². The number of rotatable bonds is 10. The summed E-state index contributed by atoms with van der Waals surface area (Å²) in [6.07, 6.45) is -1.84. The zero-order valence-electron chi connectivity index (χ0n) is 23.7. The second kappa shape index (κ2) is 11.7. The van der Waals surface area contributed by atoms with Crippen molar-refractivity contribution in [3.63, 3.8) is 0 Å². The summed E-state index contributed by atoms with van der Waals surface area (Å²) in [6, 6.07) is 8.08. The number of hydrogen-bond donors (Lipinski definition) is 1. The van der Waals surface area contributed by atoms with E-state index < -0.39 is 34.9 Å². The first-order chi connectivity index (χ1) is 20.8. The Kier molecular flexibility index (Phi) is 8.10. The van der Waals surface area contributed by atoms with Gasteiger partial charge in [0.05, 0.1) is 30.1 Å². The number of imidazole rings is 1. The van der Waals surface area contributed by atoms with Gasteiger partial charge in [-0.3, -0.25) is 0 Å². The summed E-state index contributed by atoms with van der Waals surface area (Å²) in [5.41, 5.74) is -3.63. The monoisotopic (exact) mass is 615 g/mol. The highest BCUT2D eigenvalue weighted by Gasteiger charge is 2.48. The maximum atomic E-state index is 14.4. The molecule has 1 aromatic heterocycles. The Morgan fingerprint density at radius 3 is 2.48 bits per heavy atom. The van der Waals surface area contributed by atoms with Gasteiger partial charge in [-0.15, -0.1) is 0 Å².